The summed E-state index contributed by atoms with van der Waals surface area (Å²) in [5.41, 5.74) is 15.7. The molecule has 0 amide bonds. The van der Waals surface area contributed by atoms with E-state index in [9.17, 15) is 0 Å². The van der Waals surface area contributed by atoms with Crippen LogP contribution < -0.4 is 15.1 Å². The van der Waals surface area contributed by atoms with Gasteiger partial charge in [-0.3, -0.25) is 0 Å². The Bertz CT molecular complexity index is 2940. The number of hydrogen-bond acceptors (Lipinski definition) is 3. The second kappa shape index (κ2) is 14.7. The van der Waals surface area contributed by atoms with Crippen molar-refractivity contribution in [3.8, 4) is 11.1 Å². The number of benzene rings is 9. The topological polar surface area (TPSA) is 18.5 Å². The molecule has 3 heteroatoms. The fraction of sp³-hybridized carbons (Fsp3) is 0.0357. The number of allylic oxidation sites excluding steroid dienone is 2. The molecule has 9 aromatic rings. The van der Waals surface area contributed by atoms with Crippen LogP contribution in [0.4, 0.5) is 39.8 Å². The molecule has 1 aliphatic carbocycles. The first-order chi connectivity index (χ1) is 29.3. The smallest absolute Gasteiger partial charge is 0.0638 e. The molecule has 1 N–H and O–H groups in total. The van der Waals surface area contributed by atoms with Crippen molar-refractivity contribution >= 4 is 72.5 Å². The van der Waals surface area contributed by atoms with E-state index in [1.165, 1.54) is 66.3 Å². The fourth-order valence-electron chi connectivity index (χ4n) is 9.35. The summed E-state index contributed by atoms with van der Waals surface area (Å²) in [7, 11) is 0. The van der Waals surface area contributed by atoms with Crippen LogP contribution in [0.1, 0.15) is 17.5 Å². The largest absolute Gasteiger partial charge is 0.354 e. The monoisotopic (exact) mass is 755 g/mol. The maximum Gasteiger partial charge on any atom is 0.0638 e. The van der Waals surface area contributed by atoms with Crippen LogP contribution in [-0.4, -0.2) is 6.04 Å². The van der Waals surface area contributed by atoms with E-state index in [1.807, 2.05) is 0 Å². The van der Waals surface area contributed by atoms with Crippen LogP contribution in [0.3, 0.4) is 0 Å². The third-order valence-corrected chi connectivity index (χ3v) is 12.0. The average molecular weight is 756 g/mol. The van der Waals surface area contributed by atoms with E-state index < -0.39 is 0 Å². The molecule has 0 radical (unpaired) electrons. The van der Waals surface area contributed by atoms with Crippen molar-refractivity contribution in [1.82, 2.24) is 0 Å². The van der Waals surface area contributed by atoms with E-state index in [2.05, 4.69) is 240 Å². The first kappa shape index (κ1) is 34.6. The van der Waals surface area contributed by atoms with Gasteiger partial charge in [0, 0.05) is 56.0 Å². The summed E-state index contributed by atoms with van der Waals surface area (Å²) >= 11 is 0. The van der Waals surface area contributed by atoms with Crippen LogP contribution in [0.2, 0.25) is 0 Å². The summed E-state index contributed by atoms with van der Waals surface area (Å²) in [4.78, 5) is 4.84. The lowest BCUT2D eigenvalue weighted by atomic mass is 9.87. The molecular formula is C56H41N3. The molecule has 1 atom stereocenters. The minimum absolute atomic E-state index is 0.211. The lowest BCUT2D eigenvalue weighted by Crippen LogP contribution is -2.28. The van der Waals surface area contributed by atoms with Gasteiger partial charge in [-0.2, -0.15) is 0 Å². The van der Waals surface area contributed by atoms with Crippen molar-refractivity contribution in [2.75, 3.05) is 15.1 Å². The predicted molar refractivity (Wildman–Crippen MR) is 251 cm³/mol. The first-order valence-corrected chi connectivity index (χ1v) is 20.5. The van der Waals surface area contributed by atoms with Gasteiger partial charge in [0.1, 0.15) is 0 Å². The van der Waals surface area contributed by atoms with Crippen LogP contribution in [0.5, 0.6) is 0 Å². The lowest BCUT2D eigenvalue weighted by Gasteiger charge is -2.31. The fourth-order valence-corrected chi connectivity index (χ4v) is 9.35. The van der Waals surface area contributed by atoms with Gasteiger partial charge in [-0.15, -0.1) is 0 Å². The van der Waals surface area contributed by atoms with Gasteiger partial charge in [-0.1, -0.05) is 164 Å². The molecule has 0 saturated heterocycles. The highest BCUT2D eigenvalue weighted by molar-refractivity contribution is 6.21. The third-order valence-electron chi connectivity index (χ3n) is 12.0. The van der Waals surface area contributed by atoms with Crippen LogP contribution in [0, 0.1) is 0 Å². The predicted octanol–water partition coefficient (Wildman–Crippen LogP) is 15.3. The van der Waals surface area contributed by atoms with Crippen LogP contribution >= 0.6 is 0 Å². The average Bonchev–Trinajstić information content (AvgIpc) is 3.64. The quantitative estimate of drug-likeness (QED) is 0.156. The van der Waals surface area contributed by atoms with Crippen molar-refractivity contribution in [3.63, 3.8) is 0 Å². The lowest BCUT2D eigenvalue weighted by molar-refractivity contribution is 0.841. The summed E-state index contributed by atoms with van der Waals surface area (Å²) in [6.45, 7) is 0. The van der Waals surface area contributed by atoms with Gasteiger partial charge in [-0.05, 0) is 100 Å². The number of para-hydroxylation sites is 5. The van der Waals surface area contributed by atoms with Crippen LogP contribution in [0.25, 0.3) is 43.8 Å². The molecule has 3 nitrogen and oxygen atoms in total. The van der Waals surface area contributed by atoms with Gasteiger partial charge in [0.05, 0.1) is 11.7 Å². The third kappa shape index (κ3) is 6.07. The molecule has 0 bridgehead atoms. The Morgan fingerprint density at radius 1 is 0.441 bits per heavy atom. The van der Waals surface area contributed by atoms with E-state index in [4.69, 9.17) is 0 Å². The Hall–Kier alpha value is -7.62. The van der Waals surface area contributed by atoms with Gasteiger partial charge >= 0.3 is 0 Å². The number of rotatable bonds is 8. The molecular weight excluding hydrogens is 715 g/mol. The Morgan fingerprint density at radius 3 is 1.59 bits per heavy atom. The standard InChI is InChI=1S/C56H41N3/c1-4-18-41(19-5-1)58(42-20-6-2-7-21-42)44-35-32-39(33-36-44)55-48-26-10-12-28-50(48)56(51-29-13-11-27-49(51)55)57-52-30-16-14-24-45(52)40-34-37-47-46-25-15-17-31-53(46)59(54(47)38-40)43-22-8-3-9-23-43/h1-37,54,57H,38H2. The molecule has 2 aliphatic rings. The van der Waals surface area contributed by atoms with E-state index in [0.29, 0.717) is 0 Å². The van der Waals surface area contributed by atoms with Gasteiger partial charge in [0.2, 0.25) is 0 Å². The molecule has 59 heavy (non-hydrogen) atoms. The van der Waals surface area contributed by atoms with Crippen molar-refractivity contribution in [1.29, 1.82) is 0 Å². The Balaban J connectivity index is 0.990. The van der Waals surface area contributed by atoms with Crippen molar-refractivity contribution < 1.29 is 0 Å². The Labute approximate surface area is 345 Å². The van der Waals surface area contributed by atoms with Gasteiger partial charge in [0.25, 0.3) is 0 Å². The second-order valence-electron chi connectivity index (χ2n) is 15.3. The highest BCUT2D eigenvalue weighted by Gasteiger charge is 2.36. The van der Waals surface area contributed by atoms with E-state index in [0.717, 1.165) is 34.9 Å². The molecule has 9 aromatic carbocycles. The molecule has 0 spiro atoms. The van der Waals surface area contributed by atoms with Crippen LogP contribution in [-0.2, 0) is 0 Å². The number of fused-ring (bicyclic) bond motifs is 5. The molecule has 0 aromatic heterocycles. The minimum atomic E-state index is 0.211. The molecule has 11 rings (SSSR count). The Morgan fingerprint density at radius 2 is 0.949 bits per heavy atom. The van der Waals surface area contributed by atoms with Crippen molar-refractivity contribution in [2.45, 2.75) is 12.5 Å². The molecule has 0 fully saturated rings. The van der Waals surface area contributed by atoms with Gasteiger partial charge in [-0.25, -0.2) is 0 Å². The van der Waals surface area contributed by atoms with E-state index in [1.54, 1.807) is 0 Å². The molecule has 1 heterocycles. The first-order valence-electron chi connectivity index (χ1n) is 20.5. The summed E-state index contributed by atoms with van der Waals surface area (Å²) in [6, 6.07) is 76.6. The minimum Gasteiger partial charge on any atom is -0.354 e. The SMILES string of the molecule is C1=C(c2ccccc2Nc2c3ccccc3c(-c3ccc(N(c4ccccc4)c4ccccc4)cc3)c3ccccc23)CC2C(=C1)c1ccccc1N2c1ccccc1. The van der Waals surface area contributed by atoms with E-state index >= 15 is 0 Å². The highest BCUT2D eigenvalue weighted by atomic mass is 15.2. The number of nitrogens with one attached hydrogen (secondary N) is 1. The molecule has 280 valence electrons. The summed E-state index contributed by atoms with van der Waals surface area (Å²) in [6.07, 6.45) is 5.60. The van der Waals surface area contributed by atoms with Gasteiger partial charge in [0.15, 0.2) is 0 Å². The molecule has 0 saturated carbocycles. The maximum atomic E-state index is 4.03. The summed E-state index contributed by atoms with van der Waals surface area (Å²) < 4.78 is 0. The summed E-state index contributed by atoms with van der Waals surface area (Å²) in [5.74, 6) is 0. The Kier molecular flexibility index (Phi) is 8.63. The number of nitrogens with zero attached hydrogens (tertiary/aromatic N) is 2. The molecule has 1 unspecified atom stereocenters. The van der Waals surface area contributed by atoms with Crippen molar-refractivity contribution in [3.05, 3.63) is 236 Å². The van der Waals surface area contributed by atoms with E-state index in [-0.39, 0.29) is 6.04 Å². The number of hydrogen-bond donors (Lipinski definition) is 1. The van der Waals surface area contributed by atoms with Gasteiger partial charge < -0.3 is 15.1 Å². The van der Waals surface area contributed by atoms with Crippen LogP contribution in [0.15, 0.2) is 224 Å². The zero-order valence-electron chi connectivity index (χ0n) is 32.5. The second-order valence-corrected chi connectivity index (χ2v) is 15.3. The highest BCUT2D eigenvalue weighted by Crippen LogP contribution is 2.50. The van der Waals surface area contributed by atoms with Crippen molar-refractivity contribution in [2.24, 2.45) is 0 Å². The summed E-state index contributed by atoms with van der Waals surface area (Å²) in [5, 5.41) is 8.85. The zero-order valence-corrected chi connectivity index (χ0v) is 32.5. The molecule has 1 aliphatic heterocycles. The zero-order chi connectivity index (χ0) is 39.1. The maximum absolute atomic E-state index is 4.03. The number of anilines is 7. The normalized spacial score (nSPS) is 14.4.